The monoisotopic (exact) mass is 215 g/mol. The molecule has 0 spiro atoms. The predicted octanol–water partition coefficient (Wildman–Crippen LogP) is 1.55. The molecule has 0 bridgehead atoms. The fourth-order valence-electron chi connectivity index (χ4n) is 0.964. The first-order valence-corrected chi connectivity index (χ1v) is 4.87. The van der Waals surface area contributed by atoms with Crippen molar-refractivity contribution in [2.45, 2.75) is 13.0 Å². The van der Waals surface area contributed by atoms with Gasteiger partial charge in [-0.3, -0.25) is 0 Å². The first-order valence-electron chi connectivity index (χ1n) is 4.34. The van der Waals surface area contributed by atoms with E-state index in [1.54, 1.807) is 13.2 Å². The van der Waals surface area contributed by atoms with E-state index in [1.807, 2.05) is 18.9 Å². The van der Waals surface area contributed by atoms with E-state index in [0.29, 0.717) is 11.8 Å². The maximum atomic E-state index is 5.75. The molecular weight excluding hydrogens is 202 g/mol. The molecule has 1 atom stereocenters. The van der Waals surface area contributed by atoms with Gasteiger partial charge in [-0.2, -0.15) is 0 Å². The second-order valence-electron chi connectivity index (χ2n) is 3.03. The van der Waals surface area contributed by atoms with Crippen molar-refractivity contribution in [2.24, 2.45) is 0 Å². The number of rotatable bonds is 4. The molecule has 0 fully saturated rings. The minimum atomic E-state index is 0.233. The third-order valence-corrected chi connectivity index (χ3v) is 2.53. The smallest absolute Gasteiger partial charge is 0.218 e. The summed E-state index contributed by atoms with van der Waals surface area (Å²) >= 11 is 5.75. The lowest BCUT2D eigenvalue weighted by Crippen LogP contribution is -2.30. The first-order chi connectivity index (χ1) is 6.69. The Morgan fingerprint density at radius 2 is 2.29 bits per heavy atom. The van der Waals surface area contributed by atoms with Crippen LogP contribution in [0.15, 0.2) is 12.4 Å². The van der Waals surface area contributed by atoms with E-state index in [-0.39, 0.29) is 6.04 Å². The summed E-state index contributed by atoms with van der Waals surface area (Å²) in [7, 11) is 3.52. The Hall–Kier alpha value is -1.03. The van der Waals surface area contributed by atoms with Crippen LogP contribution in [0.1, 0.15) is 6.92 Å². The average molecular weight is 216 g/mol. The van der Waals surface area contributed by atoms with E-state index in [9.17, 15) is 0 Å². The van der Waals surface area contributed by atoms with Gasteiger partial charge in [-0.25, -0.2) is 9.97 Å². The summed E-state index contributed by atoms with van der Waals surface area (Å²) in [5, 5.41) is 0. The quantitative estimate of drug-likeness (QED) is 0.715. The van der Waals surface area contributed by atoms with Gasteiger partial charge in [-0.05, 0) is 6.92 Å². The second kappa shape index (κ2) is 5.00. The topological polar surface area (TPSA) is 38.2 Å². The third kappa shape index (κ3) is 2.48. The minimum absolute atomic E-state index is 0.233. The maximum Gasteiger partial charge on any atom is 0.218 e. The SMILES string of the molecule is COc1cc(N(C)C(C)CCl)ncn1. The number of methoxy groups -OCH3 is 1. The van der Waals surface area contributed by atoms with Crippen LogP contribution in [0.25, 0.3) is 0 Å². The number of aromatic nitrogens is 2. The molecule has 1 unspecified atom stereocenters. The Balaban J connectivity index is 2.83. The van der Waals surface area contributed by atoms with Gasteiger partial charge in [0.2, 0.25) is 5.88 Å². The molecule has 0 aliphatic rings. The van der Waals surface area contributed by atoms with Crippen molar-refractivity contribution in [2.75, 3.05) is 24.9 Å². The number of ether oxygens (including phenoxy) is 1. The number of alkyl halides is 1. The van der Waals surface area contributed by atoms with Gasteiger partial charge in [0.05, 0.1) is 7.11 Å². The molecule has 0 aliphatic heterocycles. The number of hydrogen-bond acceptors (Lipinski definition) is 4. The molecule has 14 heavy (non-hydrogen) atoms. The van der Waals surface area contributed by atoms with E-state index in [2.05, 4.69) is 9.97 Å². The molecule has 0 amide bonds. The zero-order chi connectivity index (χ0) is 10.6. The molecule has 0 aliphatic carbocycles. The minimum Gasteiger partial charge on any atom is -0.481 e. The van der Waals surface area contributed by atoms with Gasteiger partial charge in [-0.15, -0.1) is 11.6 Å². The van der Waals surface area contributed by atoms with Crippen LogP contribution in [0.4, 0.5) is 5.82 Å². The fraction of sp³-hybridized carbons (Fsp3) is 0.556. The van der Waals surface area contributed by atoms with Crippen LogP contribution in [0.5, 0.6) is 5.88 Å². The van der Waals surface area contributed by atoms with E-state index < -0.39 is 0 Å². The summed E-state index contributed by atoms with van der Waals surface area (Å²) in [5.41, 5.74) is 0. The summed E-state index contributed by atoms with van der Waals surface area (Å²) in [5.74, 6) is 1.93. The summed E-state index contributed by atoms with van der Waals surface area (Å²) in [6.45, 7) is 2.03. The van der Waals surface area contributed by atoms with Gasteiger partial charge in [0.25, 0.3) is 0 Å². The summed E-state index contributed by atoms with van der Waals surface area (Å²) in [4.78, 5) is 10.0. The van der Waals surface area contributed by atoms with Crippen molar-refractivity contribution in [3.63, 3.8) is 0 Å². The van der Waals surface area contributed by atoms with Gasteiger partial charge < -0.3 is 9.64 Å². The zero-order valence-corrected chi connectivity index (χ0v) is 9.32. The number of hydrogen-bond donors (Lipinski definition) is 0. The first kappa shape index (κ1) is 11.0. The van der Waals surface area contributed by atoms with Gasteiger partial charge >= 0.3 is 0 Å². The average Bonchev–Trinajstić information content (AvgIpc) is 2.27. The van der Waals surface area contributed by atoms with E-state index in [4.69, 9.17) is 16.3 Å². The lowest BCUT2D eigenvalue weighted by Gasteiger charge is -2.23. The predicted molar refractivity (Wildman–Crippen MR) is 57.2 cm³/mol. The van der Waals surface area contributed by atoms with Crippen LogP contribution in [-0.2, 0) is 0 Å². The highest BCUT2D eigenvalue weighted by molar-refractivity contribution is 6.18. The Labute approximate surface area is 88.9 Å². The Morgan fingerprint density at radius 3 is 2.86 bits per heavy atom. The number of nitrogens with zero attached hydrogens (tertiary/aromatic N) is 3. The van der Waals surface area contributed by atoms with E-state index >= 15 is 0 Å². The molecule has 0 saturated heterocycles. The Bertz CT molecular complexity index is 295. The van der Waals surface area contributed by atoms with Crippen molar-refractivity contribution in [3.8, 4) is 5.88 Å². The lowest BCUT2D eigenvalue weighted by atomic mass is 10.3. The highest BCUT2D eigenvalue weighted by atomic mass is 35.5. The van der Waals surface area contributed by atoms with Crippen molar-refractivity contribution >= 4 is 17.4 Å². The third-order valence-electron chi connectivity index (χ3n) is 2.08. The molecule has 1 heterocycles. The molecule has 1 rings (SSSR count). The molecule has 0 aromatic carbocycles. The molecule has 1 aromatic rings. The van der Waals surface area contributed by atoms with Crippen LogP contribution < -0.4 is 9.64 Å². The van der Waals surface area contributed by atoms with Crippen LogP contribution in [0, 0.1) is 0 Å². The zero-order valence-electron chi connectivity index (χ0n) is 8.57. The van der Waals surface area contributed by atoms with Crippen LogP contribution in [0.3, 0.4) is 0 Å². The van der Waals surface area contributed by atoms with Crippen LogP contribution in [0.2, 0.25) is 0 Å². The molecular formula is C9H14ClN3O. The fourth-order valence-corrected chi connectivity index (χ4v) is 1.17. The molecule has 5 heteroatoms. The van der Waals surface area contributed by atoms with Crippen molar-refractivity contribution in [3.05, 3.63) is 12.4 Å². The molecule has 1 aromatic heterocycles. The maximum absolute atomic E-state index is 5.75. The van der Waals surface area contributed by atoms with Gasteiger partial charge in [0, 0.05) is 25.0 Å². The van der Waals surface area contributed by atoms with Gasteiger partial charge in [-0.1, -0.05) is 0 Å². The van der Waals surface area contributed by atoms with Crippen LogP contribution >= 0.6 is 11.6 Å². The largest absolute Gasteiger partial charge is 0.481 e. The van der Waals surface area contributed by atoms with Crippen LogP contribution in [-0.4, -0.2) is 36.0 Å². The highest BCUT2D eigenvalue weighted by Gasteiger charge is 2.10. The van der Waals surface area contributed by atoms with Crippen molar-refractivity contribution in [1.29, 1.82) is 0 Å². The molecule has 0 N–H and O–H groups in total. The standard InChI is InChI=1S/C9H14ClN3O/c1-7(5-10)13(2)8-4-9(14-3)12-6-11-8/h4,6-7H,5H2,1-3H3. The number of halogens is 1. The highest BCUT2D eigenvalue weighted by Crippen LogP contribution is 2.16. The summed E-state index contributed by atoms with van der Waals surface area (Å²) < 4.78 is 5.01. The van der Waals surface area contributed by atoms with Crippen molar-refractivity contribution < 1.29 is 4.74 Å². The molecule has 0 saturated carbocycles. The van der Waals surface area contributed by atoms with E-state index in [0.717, 1.165) is 5.82 Å². The Morgan fingerprint density at radius 1 is 1.57 bits per heavy atom. The number of anilines is 1. The lowest BCUT2D eigenvalue weighted by molar-refractivity contribution is 0.396. The molecule has 4 nitrogen and oxygen atoms in total. The normalized spacial score (nSPS) is 12.3. The van der Waals surface area contributed by atoms with E-state index in [1.165, 1.54) is 6.33 Å². The van der Waals surface area contributed by atoms with Gasteiger partial charge in [0.15, 0.2) is 0 Å². The van der Waals surface area contributed by atoms with Crippen molar-refractivity contribution in [1.82, 2.24) is 9.97 Å². The second-order valence-corrected chi connectivity index (χ2v) is 3.34. The molecule has 78 valence electrons. The Kier molecular flexibility index (Phi) is 3.95. The molecule has 0 radical (unpaired) electrons. The summed E-state index contributed by atoms with van der Waals surface area (Å²) in [6.07, 6.45) is 1.48. The summed E-state index contributed by atoms with van der Waals surface area (Å²) in [6, 6.07) is 2.01. The van der Waals surface area contributed by atoms with Gasteiger partial charge in [0.1, 0.15) is 12.1 Å².